The first-order valence-electron chi connectivity index (χ1n) is 9.22. The molecule has 1 N–H and O–H groups in total. The van der Waals surface area contributed by atoms with E-state index >= 15 is 0 Å². The van der Waals surface area contributed by atoms with Crippen molar-refractivity contribution in [3.8, 4) is 0 Å². The number of benzene rings is 1. The Morgan fingerprint density at radius 2 is 1.89 bits per heavy atom. The van der Waals surface area contributed by atoms with Crippen LogP contribution in [0, 0.1) is 12.7 Å². The van der Waals surface area contributed by atoms with Crippen molar-refractivity contribution in [3.63, 3.8) is 0 Å². The highest BCUT2D eigenvalue weighted by Gasteiger charge is 2.23. The number of aromatic nitrogens is 2. The Hall–Kier alpha value is -2.70. The fraction of sp³-hybridized carbons (Fsp3) is 0.450. The van der Waals surface area contributed by atoms with Gasteiger partial charge in [-0.05, 0) is 49.4 Å². The van der Waals surface area contributed by atoms with Crippen molar-refractivity contribution in [1.29, 1.82) is 0 Å². The van der Waals surface area contributed by atoms with Crippen molar-refractivity contribution in [3.05, 3.63) is 53.1 Å². The molecule has 0 saturated carbocycles. The number of likely N-dealkylation sites (tertiary alicyclic amines) is 1. The van der Waals surface area contributed by atoms with Crippen LogP contribution in [0.15, 0.2) is 30.3 Å². The van der Waals surface area contributed by atoms with Gasteiger partial charge in [0.15, 0.2) is 0 Å². The molecule has 3 rings (SSSR count). The third-order valence-electron chi connectivity index (χ3n) is 4.84. The lowest BCUT2D eigenvalue weighted by Crippen LogP contribution is -2.44. The maximum absolute atomic E-state index is 13.1. The first-order valence-corrected chi connectivity index (χ1v) is 9.22. The zero-order valence-electron chi connectivity index (χ0n) is 16.1. The quantitative estimate of drug-likeness (QED) is 0.897. The number of anilines is 1. The molecule has 1 saturated heterocycles. The molecule has 6 nitrogen and oxygen atoms in total. The summed E-state index contributed by atoms with van der Waals surface area (Å²) in [6.07, 6.45) is 1.77. The van der Waals surface area contributed by atoms with E-state index < -0.39 is 0 Å². The van der Waals surface area contributed by atoms with Crippen LogP contribution in [-0.4, -0.2) is 48.1 Å². The van der Waals surface area contributed by atoms with Crippen LogP contribution in [0.2, 0.25) is 0 Å². The van der Waals surface area contributed by atoms with Crippen LogP contribution in [0.5, 0.6) is 0 Å². The highest BCUT2D eigenvalue weighted by Crippen LogP contribution is 2.28. The Labute approximate surface area is 159 Å². The van der Waals surface area contributed by atoms with Gasteiger partial charge in [-0.15, -0.1) is 0 Å². The molecular weight excluding hydrogens is 345 g/mol. The Bertz CT molecular complexity index is 785. The van der Waals surface area contributed by atoms with E-state index in [0.29, 0.717) is 31.5 Å². The molecule has 1 aromatic heterocycles. The largest absolute Gasteiger partial charge is 0.347 e. The molecule has 0 bridgehead atoms. The van der Waals surface area contributed by atoms with E-state index in [1.54, 1.807) is 0 Å². The molecule has 2 aromatic rings. The van der Waals surface area contributed by atoms with Gasteiger partial charge in [-0.2, -0.15) is 0 Å². The summed E-state index contributed by atoms with van der Waals surface area (Å²) in [6, 6.07) is 8.49. The van der Waals surface area contributed by atoms with Crippen LogP contribution < -0.4 is 10.2 Å². The van der Waals surface area contributed by atoms with Crippen LogP contribution >= 0.6 is 0 Å². The van der Waals surface area contributed by atoms with Crippen molar-refractivity contribution in [2.24, 2.45) is 0 Å². The Balaban J connectivity index is 1.52. The van der Waals surface area contributed by atoms with E-state index in [2.05, 4.69) is 15.3 Å². The first-order chi connectivity index (χ1) is 12.9. The highest BCUT2D eigenvalue weighted by atomic mass is 19.1. The molecule has 0 radical (unpaired) electrons. The lowest BCUT2D eigenvalue weighted by molar-refractivity contribution is 0.181. The number of hydrogen-bond acceptors (Lipinski definition) is 4. The van der Waals surface area contributed by atoms with Crippen LogP contribution in [0.3, 0.4) is 0 Å². The summed E-state index contributed by atoms with van der Waals surface area (Å²) in [5, 5.41) is 2.95. The van der Waals surface area contributed by atoms with Crippen molar-refractivity contribution in [1.82, 2.24) is 20.2 Å². The average Bonchev–Trinajstić information content (AvgIpc) is 2.66. The lowest BCUT2D eigenvalue weighted by Gasteiger charge is -2.32. The van der Waals surface area contributed by atoms with Crippen LogP contribution in [-0.2, 0) is 6.54 Å². The zero-order chi connectivity index (χ0) is 19.4. The third-order valence-corrected chi connectivity index (χ3v) is 4.84. The van der Waals surface area contributed by atoms with Gasteiger partial charge in [0, 0.05) is 32.9 Å². The van der Waals surface area contributed by atoms with E-state index in [9.17, 15) is 9.18 Å². The van der Waals surface area contributed by atoms with Crippen LogP contribution in [0.4, 0.5) is 15.1 Å². The second kappa shape index (κ2) is 8.33. The van der Waals surface area contributed by atoms with E-state index in [1.165, 1.54) is 12.1 Å². The molecule has 0 unspecified atom stereocenters. The molecule has 1 fully saturated rings. The van der Waals surface area contributed by atoms with Gasteiger partial charge in [0.25, 0.3) is 0 Å². The smallest absolute Gasteiger partial charge is 0.317 e. The number of nitrogens with one attached hydrogen (secondary N) is 1. The minimum Gasteiger partial charge on any atom is -0.347 e. The van der Waals surface area contributed by atoms with Gasteiger partial charge in [-0.1, -0.05) is 12.1 Å². The van der Waals surface area contributed by atoms with E-state index in [0.717, 1.165) is 29.8 Å². The lowest BCUT2D eigenvalue weighted by atomic mass is 9.89. The van der Waals surface area contributed by atoms with Crippen molar-refractivity contribution in [2.45, 2.75) is 32.2 Å². The van der Waals surface area contributed by atoms with Gasteiger partial charge in [0.1, 0.15) is 5.82 Å². The summed E-state index contributed by atoms with van der Waals surface area (Å²) in [7, 11) is 3.78. The van der Waals surface area contributed by atoms with Crippen molar-refractivity contribution in [2.75, 3.05) is 32.1 Å². The summed E-state index contributed by atoms with van der Waals surface area (Å²) in [5.74, 6) is 0.800. The number of carbonyl (C=O) groups excluding carboxylic acids is 1. The number of nitrogens with zero attached hydrogens (tertiary/aromatic N) is 4. The number of halogens is 1. The third kappa shape index (κ3) is 4.93. The number of amides is 2. The van der Waals surface area contributed by atoms with Crippen LogP contribution in [0.25, 0.3) is 0 Å². The normalized spacial score (nSPS) is 14.9. The number of piperidine rings is 1. The van der Waals surface area contributed by atoms with Gasteiger partial charge in [-0.3, -0.25) is 0 Å². The first kappa shape index (κ1) is 19.1. The molecule has 7 heteroatoms. The maximum Gasteiger partial charge on any atom is 0.317 e. The van der Waals surface area contributed by atoms with Crippen LogP contribution in [0.1, 0.15) is 35.7 Å². The van der Waals surface area contributed by atoms with E-state index in [4.69, 9.17) is 0 Å². The van der Waals surface area contributed by atoms with Gasteiger partial charge in [-0.25, -0.2) is 19.2 Å². The van der Waals surface area contributed by atoms with Gasteiger partial charge in [0.05, 0.1) is 12.2 Å². The summed E-state index contributed by atoms with van der Waals surface area (Å²) in [6.45, 7) is 3.68. The summed E-state index contributed by atoms with van der Waals surface area (Å²) in [5.41, 5.74) is 2.81. The number of urea groups is 1. The fourth-order valence-electron chi connectivity index (χ4n) is 3.34. The molecule has 27 heavy (non-hydrogen) atoms. The second-order valence-corrected chi connectivity index (χ2v) is 7.17. The van der Waals surface area contributed by atoms with E-state index in [1.807, 2.05) is 49.0 Å². The summed E-state index contributed by atoms with van der Waals surface area (Å²) in [4.78, 5) is 25.0. The average molecular weight is 371 g/mol. The highest BCUT2D eigenvalue weighted by molar-refractivity contribution is 5.74. The molecule has 144 valence electrons. The van der Waals surface area contributed by atoms with E-state index in [-0.39, 0.29) is 11.8 Å². The fourth-order valence-corrected chi connectivity index (χ4v) is 3.34. The molecule has 0 spiro atoms. The number of rotatable bonds is 4. The monoisotopic (exact) mass is 371 g/mol. The Morgan fingerprint density at radius 1 is 1.22 bits per heavy atom. The molecule has 2 heterocycles. The minimum atomic E-state index is -0.215. The number of carbonyl (C=O) groups is 1. The summed E-state index contributed by atoms with van der Waals surface area (Å²) >= 11 is 0. The van der Waals surface area contributed by atoms with Crippen molar-refractivity contribution < 1.29 is 9.18 Å². The van der Waals surface area contributed by atoms with Gasteiger partial charge in [0.2, 0.25) is 5.95 Å². The minimum absolute atomic E-state index is 0.0739. The predicted molar refractivity (Wildman–Crippen MR) is 103 cm³/mol. The topological polar surface area (TPSA) is 61.4 Å². The Kier molecular flexibility index (Phi) is 5.88. The standard InChI is InChI=1S/C20H26FN5O/c1-14-12-18(24-19(23-14)25(2)3)13-22-20(27)26-10-8-16(9-11-26)15-4-6-17(21)7-5-15/h4-7,12,16H,8-11,13H2,1-3H3,(H,22,27). The Morgan fingerprint density at radius 3 is 2.52 bits per heavy atom. The predicted octanol–water partition coefficient (Wildman–Crippen LogP) is 3.08. The molecule has 0 atom stereocenters. The molecular formula is C20H26FN5O. The van der Waals surface area contributed by atoms with Gasteiger partial charge >= 0.3 is 6.03 Å². The second-order valence-electron chi connectivity index (χ2n) is 7.17. The van der Waals surface area contributed by atoms with Crippen molar-refractivity contribution >= 4 is 12.0 Å². The van der Waals surface area contributed by atoms with Gasteiger partial charge < -0.3 is 15.1 Å². The maximum atomic E-state index is 13.1. The number of aryl methyl sites for hydroxylation is 1. The SMILES string of the molecule is Cc1cc(CNC(=O)N2CCC(c3ccc(F)cc3)CC2)nc(N(C)C)n1. The molecule has 1 aromatic carbocycles. The molecule has 1 aliphatic heterocycles. The molecule has 1 aliphatic rings. The molecule has 2 amide bonds. The summed E-state index contributed by atoms with van der Waals surface area (Å²) < 4.78 is 13.1. The molecule has 0 aliphatic carbocycles. The zero-order valence-corrected chi connectivity index (χ0v) is 16.1. The number of hydrogen-bond donors (Lipinski definition) is 1.